The zero-order valence-corrected chi connectivity index (χ0v) is 12.5. The summed E-state index contributed by atoms with van der Waals surface area (Å²) in [7, 11) is 4.00. The summed E-state index contributed by atoms with van der Waals surface area (Å²) in [5, 5.41) is 3.24. The van der Waals surface area contributed by atoms with Gasteiger partial charge in [0.05, 0.1) is 6.54 Å². The van der Waals surface area contributed by atoms with Crippen LogP contribution in [0.1, 0.15) is 38.5 Å². The maximum Gasteiger partial charge on any atom is 0.236 e. The van der Waals surface area contributed by atoms with Crippen LogP contribution in [0.4, 0.5) is 0 Å². The zero-order valence-electron chi connectivity index (χ0n) is 12.5. The minimum absolute atomic E-state index is 0.317. The van der Waals surface area contributed by atoms with Crippen LogP contribution in [0.2, 0.25) is 0 Å². The van der Waals surface area contributed by atoms with Crippen LogP contribution in [-0.2, 0) is 4.79 Å². The highest BCUT2D eigenvalue weighted by molar-refractivity contribution is 5.78. The van der Waals surface area contributed by atoms with E-state index in [1.54, 1.807) is 0 Å². The van der Waals surface area contributed by atoms with Gasteiger partial charge in [-0.3, -0.25) is 9.69 Å². The summed E-state index contributed by atoms with van der Waals surface area (Å²) in [5.41, 5.74) is 0. The summed E-state index contributed by atoms with van der Waals surface area (Å²) in [6.07, 6.45) is 7.54. The van der Waals surface area contributed by atoms with Gasteiger partial charge >= 0.3 is 0 Å². The molecule has 1 saturated carbocycles. The third-order valence-electron chi connectivity index (χ3n) is 4.74. The molecule has 19 heavy (non-hydrogen) atoms. The molecule has 0 radical (unpaired) electrons. The van der Waals surface area contributed by atoms with Gasteiger partial charge in [-0.2, -0.15) is 0 Å². The van der Waals surface area contributed by atoms with Gasteiger partial charge in [0.25, 0.3) is 0 Å². The molecular weight excluding hydrogens is 238 g/mol. The lowest BCUT2D eigenvalue weighted by Crippen LogP contribution is -2.43. The van der Waals surface area contributed by atoms with Gasteiger partial charge in [0.15, 0.2) is 0 Å². The van der Waals surface area contributed by atoms with Gasteiger partial charge in [-0.15, -0.1) is 0 Å². The molecule has 4 heteroatoms. The first-order chi connectivity index (χ1) is 9.20. The number of carbonyl (C=O) groups excluding carboxylic acids is 1. The van der Waals surface area contributed by atoms with E-state index in [-0.39, 0.29) is 0 Å². The van der Waals surface area contributed by atoms with Gasteiger partial charge in [0.1, 0.15) is 0 Å². The maximum absolute atomic E-state index is 12.3. The van der Waals surface area contributed by atoms with Gasteiger partial charge in [0, 0.05) is 19.6 Å². The third-order valence-corrected chi connectivity index (χ3v) is 4.74. The number of rotatable bonds is 5. The van der Waals surface area contributed by atoms with Crippen LogP contribution in [0.3, 0.4) is 0 Å². The Kier molecular flexibility index (Phi) is 5.64. The van der Waals surface area contributed by atoms with Crippen LogP contribution in [0, 0.1) is 5.92 Å². The smallest absolute Gasteiger partial charge is 0.236 e. The van der Waals surface area contributed by atoms with Crippen molar-refractivity contribution in [3.8, 4) is 0 Å². The van der Waals surface area contributed by atoms with Crippen LogP contribution < -0.4 is 5.32 Å². The molecule has 110 valence electrons. The van der Waals surface area contributed by atoms with E-state index in [0.717, 1.165) is 25.6 Å². The Bertz CT molecular complexity index is 289. The standard InChI is InChI=1S/C15H29N3O/c1-16-10-13-8-9-18(11-13)12-15(19)17(2)14-6-4-3-5-7-14/h13-14,16H,3-12H2,1-2H3. The topological polar surface area (TPSA) is 35.6 Å². The largest absolute Gasteiger partial charge is 0.342 e. The number of nitrogens with zero attached hydrogens (tertiary/aromatic N) is 2. The van der Waals surface area contributed by atoms with Crippen molar-refractivity contribution < 1.29 is 4.79 Å². The van der Waals surface area contributed by atoms with E-state index in [4.69, 9.17) is 0 Å². The molecule has 1 aliphatic carbocycles. The number of hydrogen-bond acceptors (Lipinski definition) is 3. The van der Waals surface area contributed by atoms with Crippen LogP contribution in [-0.4, -0.2) is 62.0 Å². The second kappa shape index (κ2) is 7.25. The number of nitrogens with one attached hydrogen (secondary N) is 1. The Morgan fingerprint density at radius 2 is 2.00 bits per heavy atom. The van der Waals surface area contributed by atoms with Crippen molar-refractivity contribution in [1.82, 2.24) is 15.1 Å². The highest BCUT2D eigenvalue weighted by Crippen LogP contribution is 2.22. The van der Waals surface area contributed by atoms with Crippen LogP contribution in [0.25, 0.3) is 0 Å². The highest BCUT2D eigenvalue weighted by atomic mass is 16.2. The van der Waals surface area contributed by atoms with E-state index >= 15 is 0 Å². The maximum atomic E-state index is 12.3. The van der Waals surface area contributed by atoms with Gasteiger partial charge in [-0.05, 0) is 45.3 Å². The van der Waals surface area contributed by atoms with E-state index in [1.165, 1.54) is 38.5 Å². The van der Waals surface area contributed by atoms with E-state index < -0.39 is 0 Å². The molecule has 1 saturated heterocycles. The minimum Gasteiger partial charge on any atom is -0.342 e. The normalized spacial score (nSPS) is 25.7. The monoisotopic (exact) mass is 267 g/mol. The van der Waals surface area contributed by atoms with Gasteiger partial charge in [0.2, 0.25) is 5.91 Å². The van der Waals surface area contributed by atoms with Crippen LogP contribution >= 0.6 is 0 Å². The first-order valence-electron chi connectivity index (χ1n) is 7.83. The first-order valence-corrected chi connectivity index (χ1v) is 7.83. The number of likely N-dealkylation sites (N-methyl/N-ethyl adjacent to an activating group) is 1. The predicted octanol–water partition coefficient (Wildman–Crippen LogP) is 1.32. The molecule has 0 aromatic carbocycles. The van der Waals surface area contributed by atoms with Crippen molar-refractivity contribution in [1.29, 1.82) is 0 Å². The fourth-order valence-electron chi connectivity index (χ4n) is 3.49. The molecule has 1 aliphatic heterocycles. The van der Waals surface area contributed by atoms with E-state index in [1.807, 2.05) is 19.0 Å². The molecule has 1 atom stereocenters. The van der Waals surface area contributed by atoms with Crippen molar-refractivity contribution in [3.05, 3.63) is 0 Å². The molecule has 0 bridgehead atoms. The van der Waals surface area contributed by atoms with Gasteiger partial charge in [-0.1, -0.05) is 19.3 Å². The molecule has 1 unspecified atom stereocenters. The number of amides is 1. The molecule has 1 N–H and O–H groups in total. The van der Waals surface area contributed by atoms with E-state index in [0.29, 0.717) is 18.5 Å². The molecule has 1 amide bonds. The zero-order chi connectivity index (χ0) is 13.7. The van der Waals surface area contributed by atoms with Crippen molar-refractivity contribution in [2.45, 2.75) is 44.6 Å². The van der Waals surface area contributed by atoms with Crippen molar-refractivity contribution >= 4 is 5.91 Å². The summed E-state index contributed by atoms with van der Waals surface area (Å²) in [5.74, 6) is 1.04. The summed E-state index contributed by atoms with van der Waals surface area (Å²) in [6.45, 7) is 3.85. The van der Waals surface area contributed by atoms with E-state index in [2.05, 4.69) is 10.2 Å². The average Bonchev–Trinajstić information content (AvgIpc) is 2.86. The number of carbonyl (C=O) groups is 1. The Balaban J connectivity index is 1.74. The lowest BCUT2D eigenvalue weighted by Gasteiger charge is -2.32. The van der Waals surface area contributed by atoms with E-state index in [9.17, 15) is 4.79 Å². The Morgan fingerprint density at radius 3 is 2.68 bits per heavy atom. The van der Waals surface area contributed by atoms with Crippen LogP contribution in [0.15, 0.2) is 0 Å². The molecule has 0 spiro atoms. The quantitative estimate of drug-likeness (QED) is 0.816. The Labute approximate surface area is 117 Å². The highest BCUT2D eigenvalue weighted by Gasteiger charge is 2.27. The molecule has 4 nitrogen and oxygen atoms in total. The van der Waals surface area contributed by atoms with Crippen molar-refractivity contribution in [3.63, 3.8) is 0 Å². The molecule has 0 aromatic rings. The molecule has 1 heterocycles. The minimum atomic E-state index is 0.317. The summed E-state index contributed by atoms with van der Waals surface area (Å²) in [4.78, 5) is 16.7. The Hall–Kier alpha value is -0.610. The van der Waals surface area contributed by atoms with Crippen molar-refractivity contribution in [2.75, 3.05) is 40.3 Å². The predicted molar refractivity (Wildman–Crippen MR) is 78.1 cm³/mol. The molecule has 2 aliphatic rings. The SMILES string of the molecule is CNCC1CCN(CC(=O)N(C)C2CCCCC2)C1. The molecule has 0 aromatic heterocycles. The van der Waals surface area contributed by atoms with Crippen LogP contribution in [0.5, 0.6) is 0 Å². The van der Waals surface area contributed by atoms with Crippen molar-refractivity contribution in [2.24, 2.45) is 5.92 Å². The number of hydrogen-bond donors (Lipinski definition) is 1. The molecular formula is C15H29N3O. The summed E-state index contributed by atoms with van der Waals surface area (Å²) < 4.78 is 0. The summed E-state index contributed by atoms with van der Waals surface area (Å²) in [6, 6.07) is 0.497. The molecule has 2 fully saturated rings. The second-order valence-corrected chi connectivity index (χ2v) is 6.24. The lowest BCUT2D eigenvalue weighted by atomic mass is 9.94. The second-order valence-electron chi connectivity index (χ2n) is 6.24. The molecule has 2 rings (SSSR count). The van der Waals surface area contributed by atoms with Gasteiger partial charge < -0.3 is 10.2 Å². The fourth-order valence-corrected chi connectivity index (χ4v) is 3.49. The number of likely N-dealkylation sites (tertiary alicyclic amines) is 1. The fraction of sp³-hybridized carbons (Fsp3) is 0.933. The first kappa shape index (κ1) is 14.8. The van der Waals surface area contributed by atoms with Gasteiger partial charge in [-0.25, -0.2) is 0 Å². The Morgan fingerprint density at radius 1 is 1.26 bits per heavy atom. The third kappa shape index (κ3) is 4.18. The summed E-state index contributed by atoms with van der Waals surface area (Å²) >= 11 is 0. The average molecular weight is 267 g/mol. The lowest BCUT2D eigenvalue weighted by molar-refractivity contribution is -0.133.